The molecule has 0 saturated carbocycles. The van der Waals surface area contributed by atoms with E-state index < -0.39 is 24.7 Å². The first-order valence-corrected chi connectivity index (χ1v) is 10.00. The Labute approximate surface area is 172 Å². The fraction of sp³-hybridized carbons (Fsp3) is 0.294. The van der Waals surface area contributed by atoms with E-state index in [1.54, 1.807) is 29.4 Å². The van der Waals surface area contributed by atoms with Gasteiger partial charge in [-0.25, -0.2) is 15.0 Å². The van der Waals surface area contributed by atoms with E-state index in [9.17, 15) is 18.0 Å². The summed E-state index contributed by atoms with van der Waals surface area (Å²) < 4.78 is 37.3. The van der Waals surface area contributed by atoms with Crippen LogP contribution in [0.25, 0.3) is 22.4 Å². The normalized spacial score (nSPS) is 17.1. The molecule has 0 spiro atoms. The summed E-state index contributed by atoms with van der Waals surface area (Å²) in [6, 6.07) is 2.62. The second-order valence-corrected chi connectivity index (χ2v) is 7.75. The molecule has 4 heterocycles. The van der Waals surface area contributed by atoms with Crippen molar-refractivity contribution < 1.29 is 18.0 Å². The molecule has 1 saturated heterocycles. The van der Waals surface area contributed by atoms with Gasteiger partial charge in [-0.2, -0.15) is 13.2 Å². The van der Waals surface area contributed by atoms with Crippen LogP contribution in [-0.2, 0) is 4.79 Å². The number of fused-ring (bicyclic) bond motifs is 1. The highest BCUT2D eigenvalue weighted by Crippen LogP contribution is 2.31. The van der Waals surface area contributed by atoms with E-state index >= 15 is 0 Å². The molecule has 1 atom stereocenters. The monoisotopic (exact) mass is 442 g/mol. The number of rotatable bonds is 4. The van der Waals surface area contributed by atoms with E-state index in [0.29, 0.717) is 39.5 Å². The quantitative estimate of drug-likeness (QED) is 0.645. The molecule has 3 aromatic rings. The largest absolute Gasteiger partial charge is 0.405 e. The Kier molecular flexibility index (Phi) is 5.26. The minimum atomic E-state index is -4.46. The average Bonchev–Trinajstić information content (AvgIpc) is 3.32. The minimum Gasteiger partial charge on any atom is -0.345 e. The van der Waals surface area contributed by atoms with Crippen LogP contribution in [0.1, 0.15) is 0 Å². The Morgan fingerprint density at radius 2 is 2.24 bits per heavy atom. The third-order valence-electron chi connectivity index (χ3n) is 4.32. The molecule has 0 radical (unpaired) electrons. The molecule has 4 rings (SSSR count). The number of hydrogen-bond donors (Lipinski definition) is 2. The van der Waals surface area contributed by atoms with Crippen molar-refractivity contribution in [3.63, 3.8) is 0 Å². The van der Waals surface area contributed by atoms with Crippen LogP contribution in [0.4, 0.5) is 19.0 Å². The molecule has 1 fully saturated rings. The summed E-state index contributed by atoms with van der Waals surface area (Å²) >= 11 is 7.48. The minimum absolute atomic E-state index is 0.371. The maximum Gasteiger partial charge on any atom is 0.405 e. The second kappa shape index (κ2) is 7.71. The highest BCUT2D eigenvalue weighted by Gasteiger charge is 2.35. The van der Waals surface area contributed by atoms with Crippen LogP contribution in [-0.4, -0.2) is 56.2 Å². The highest BCUT2D eigenvalue weighted by atomic mass is 35.5. The number of halogens is 4. The zero-order valence-electron chi connectivity index (χ0n) is 14.7. The topological polar surface area (TPSA) is 86.8 Å². The van der Waals surface area contributed by atoms with Gasteiger partial charge in [0.05, 0.1) is 10.9 Å². The molecule has 0 bridgehead atoms. The SMILES string of the molecule is O=C(NCC(F)(F)F)[C@H]1CSCN1c1ccnc(-c2c[nH]c3ncc(Cl)cc23)n1. The number of alkyl halides is 3. The Morgan fingerprint density at radius 3 is 3.03 bits per heavy atom. The van der Waals surface area contributed by atoms with E-state index in [-0.39, 0.29) is 0 Å². The summed E-state index contributed by atoms with van der Waals surface area (Å²) in [5.74, 6) is 0.966. The van der Waals surface area contributed by atoms with Crippen molar-refractivity contribution in [2.45, 2.75) is 12.2 Å². The van der Waals surface area contributed by atoms with Crippen LogP contribution in [0.15, 0.2) is 30.7 Å². The molecule has 2 N–H and O–H groups in total. The molecule has 0 aliphatic carbocycles. The lowest BCUT2D eigenvalue weighted by Gasteiger charge is -2.24. The first-order valence-electron chi connectivity index (χ1n) is 8.47. The van der Waals surface area contributed by atoms with E-state index in [4.69, 9.17) is 11.6 Å². The van der Waals surface area contributed by atoms with E-state index in [2.05, 4.69) is 19.9 Å². The van der Waals surface area contributed by atoms with Gasteiger partial charge in [-0.15, -0.1) is 11.8 Å². The lowest BCUT2D eigenvalue weighted by molar-refractivity contribution is -0.138. The Morgan fingerprint density at radius 1 is 1.41 bits per heavy atom. The number of nitrogens with zero attached hydrogens (tertiary/aromatic N) is 4. The molecule has 1 aliphatic rings. The van der Waals surface area contributed by atoms with Gasteiger partial charge in [0.1, 0.15) is 24.1 Å². The number of thioether (sulfide) groups is 1. The van der Waals surface area contributed by atoms with Crippen molar-refractivity contribution in [2.24, 2.45) is 0 Å². The van der Waals surface area contributed by atoms with Gasteiger partial charge in [-0.3, -0.25) is 4.79 Å². The maximum absolute atomic E-state index is 12.4. The van der Waals surface area contributed by atoms with Crippen molar-refractivity contribution in [1.82, 2.24) is 25.3 Å². The van der Waals surface area contributed by atoms with Crippen molar-refractivity contribution in [1.29, 1.82) is 0 Å². The summed E-state index contributed by atoms with van der Waals surface area (Å²) in [5, 5.41) is 3.15. The number of nitrogens with one attached hydrogen (secondary N) is 2. The molecular weight excluding hydrogens is 429 g/mol. The second-order valence-electron chi connectivity index (χ2n) is 6.31. The highest BCUT2D eigenvalue weighted by molar-refractivity contribution is 7.99. The zero-order valence-corrected chi connectivity index (χ0v) is 16.3. The molecule has 0 unspecified atom stereocenters. The predicted octanol–water partition coefficient (Wildman–Crippen LogP) is 3.23. The third-order valence-corrected chi connectivity index (χ3v) is 5.54. The Balaban J connectivity index is 1.61. The Bertz CT molecular complexity index is 1060. The fourth-order valence-electron chi connectivity index (χ4n) is 2.99. The van der Waals surface area contributed by atoms with Crippen molar-refractivity contribution in [3.05, 3.63) is 35.7 Å². The van der Waals surface area contributed by atoms with Gasteiger partial charge in [0.2, 0.25) is 5.91 Å². The van der Waals surface area contributed by atoms with Crippen LogP contribution < -0.4 is 10.2 Å². The van der Waals surface area contributed by atoms with Gasteiger partial charge < -0.3 is 15.2 Å². The van der Waals surface area contributed by atoms with Gasteiger partial charge in [-0.05, 0) is 12.1 Å². The standard InChI is InChI=1S/C17H14ClF3N6OS/c18-9-3-10-11(5-24-14(10)23-4-9)15-22-2-1-13(26-15)27-8-29-6-12(27)16(28)25-7-17(19,20)21/h1-5,12H,6-8H2,(H,23,24)(H,25,28)/t12-/m1/s1. The number of hydrogen-bond acceptors (Lipinski definition) is 6. The molecule has 1 aliphatic heterocycles. The van der Waals surface area contributed by atoms with Gasteiger partial charge >= 0.3 is 6.18 Å². The number of pyridine rings is 1. The number of aromatic amines is 1. The number of aromatic nitrogens is 4. The van der Waals surface area contributed by atoms with Gasteiger partial charge in [-0.1, -0.05) is 11.6 Å². The molecular formula is C17H14ClF3N6OS. The summed E-state index contributed by atoms with van der Waals surface area (Å²) in [6.45, 7) is -1.36. The predicted molar refractivity (Wildman–Crippen MR) is 105 cm³/mol. The molecule has 29 heavy (non-hydrogen) atoms. The molecule has 1 amide bonds. The van der Waals surface area contributed by atoms with Crippen LogP contribution in [0, 0.1) is 0 Å². The Hall–Kier alpha value is -2.53. The summed E-state index contributed by atoms with van der Waals surface area (Å²) in [7, 11) is 0. The van der Waals surface area contributed by atoms with Crippen molar-refractivity contribution >= 4 is 46.1 Å². The molecule has 152 valence electrons. The fourth-order valence-corrected chi connectivity index (χ4v) is 4.32. The number of carbonyl (C=O) groups excluding carboxylic acids is 1. The van der Waals surface area contributed by atoms with E-state index in [1.807, 2.05) is 5.32 Å². The molecule has 3 aromatic heterocycles. The van der Waals surface area contributed by atoms with Crippen LogP contribution in [0.5, 0.6) is 0 Å². The molecule has 7 nitrogen and oxygen atoms in total. The average molecular weight is 443 g/mol. The van der Waals surface area contributed by atoms with Crippen molar-refractivity contribution in [2.75, 3.05) is 23.1 Å². The number of anilines is 1. The smallest absolute Gasteiger partial charge is 0.345 e. The first kappa shape index (κ1) is 19.8. The number of H-pyrrole nitrogens is 1. The summed E-state index contributed by atoms with van der Waals surface area (Å²) in [5.41, 5.74) is 1.31. The third kappa shape index (κ3) is 4.25. The molecule has 0 aromatic carbocycles. The van der Waals surface area contributed by atoms with E-state index in [0.717, 1.165) is 5.39 Å². The molecule has 12 heteroatoms. The summed E-state index contributed by atoms with van der Waals surface area (Å²) in [4.78, 5) is 30.0. The number of carbonyl (C=O) groups is 1. The van der Waals surface area contributed by atoms with E-state index in [1.165, 1.54) is 18.0 Å². The lowest BCUT2D eigenvalue weighted by atomic mass is 10.2. The van der Waals surface area contributed by atoms with Gasteiger partial charge in [0.15, 0.2) is 5.82 Å². The van der Waals surface area contributed by atoms with Crippen LogP contribution >= 0.6 is 23.4 Å². The van der Waals surface area contributed by atoms with Gasteiger partial charge in [0.25, 0.3) is 0 Å². The lowest BCUT2D eigenvalue weighted by Crippen LogP contribution is -2.47. The van der Waals surface area contributed by atoms with Gasteiger partial charge in [0, 0.05) is 35.3 Å². The summed E-state index contributed by atoms with van der Waals surface area (Å²) in [6.07, 6.45) is 0.313. The maximum atomic E-state index is 12.4. The number of amides is 1. The van der Waals surface area contributed by atoms with Crippen LogP contribution in [0.3, 0.4) is 0 Å². The van der Waals surface area contributed by atoms with Crippen molar-refractivity contribution in [3.8, 4) is 11.4 Å². The van der Waals surface area contributed by atoms with Crippen LogP contribution in [0.2, 0.25) is 5.02 Å². The first-order chi connectivity index (χ1) is 13.8. The zero-order chi connectivity index (χ0) is 20.6.